The van der Waals surface area contributed by atoms with E-state index in [0.717, 1.165) is 36.3 Å². The van der Waals surface area contributed by atoms with Crippen molar-refractivity contribution in [2.24, 2.45) is 5.92 Å². The summed E-state index contributed by atoms with van der Waals surface area (Å²) in [5, 5.41) is 0. The summed E-state index contributed by atoms with van der Waals surface area (Å²) in [5.41, 5.74) is 3.17. The van der Waals surface area contributed by atoms with Gasteiger partial charge in [-0.05, 0) is 66.8 Å². The fourth-order valence-electron chi connectivity index (χ4n) is 4.31. The molecule has 32 heavy (non-hydrogen) atoms. The maximum Gasteiger partial charge on any atom is 0.308 e. The molecular weight excluding hydrogens is 402 g/mol. The minimum Gasteiger partial charge on any atom is -0.497 e. The molecule has 1 fully saturated rings. The molecule has 1 aliphatic heterocycles. The van der Waals surface area contributed by atoms with E-state index in [2.05, 4.69) is 12.1 Å². The summed E-state index contributed by atoms with van der Waals surface area (Å²) < 4.78 is 10.4. The molecule has 3 aromatic rings. The van der Waals surface area contributed by atoms with E-state index in [4.69, 9.17) is 9.47 Å². The highest BCUT2D eigenvalue weighted by Gasteiger charge is 2.48. The van der Waals surface area contributed by atoms with Gasteiger partial charge in [0.1, 0.15) is 11.5 Å². The number of carbonyl (C=O) groups excluding carboxylic acids is 2. The Morgan fingerprint density at radius 3 is 2.19 bits per heavy atom. The van der Waals surface area contributed by atoms with E-state index in [9.17, 15) is 9.59 Å². The number of amides is 1. The number of β-lactam (4-membered cyclic amide) rings is 1. The van der Waals surface area contributed by atoms with E-state index in [1.807, 2.05) is 59.5 Å². The van der Waals surface area contributed by atoms with Crippen LogP contribution in [-0.2, 0) is 16.0 Å². The Balaban J connectivity index is 1.54. The van der Waals surface area contributed by atoms with E-state index in [1.54, 1.807) is 19.2 Å². The number of aryl methyl sites for hydroxylation is 1. The predicted molar refractivity (Wildman–Crippen MR) is 124 cm³/mol. The van der Waals surface area contributed by atoms with Crippen molar-refractivity contribution in [3.05, 3.63) is 90.0 Å². The number of ether oxygens (including phenoxy) is 2. The zero-order chi connectivity index (χ0) is 22.5. The van der Waals surface area contributed by atoms with Crippen molar-refractivity contribution in [2.75, 3.05) is 12.0 Å². The summed E-state index contributed by atoms with van der Waals surface area (Å²) in [5.74, 6) is 0.958. The third-order valence-corrected chi connectivity index (χ3v) is 5.87. The van der Waals surface area contributed by atoms with Gasteiger partial charge in [0.05, 0.1) is 19.1 Å². The highest BCUT2D eigenvalue weighted by atomic mass is 16.5. The molecule has 0 saturated carbocycles. The molecule has 2 atom stereocenters. The van der Waals surface area contributed by atoms with Crippen LogP contribution in [0.2, 0.25) is 0 Å². The lowest BCUT2D eigenvalue weighted by Crippen LogP contribution is -2.55. The second kappa shape index (κ2) is 9.69. The average Bonchev–Trinajstić information content (AvgIpc) is 2.81. The lowest BCUT2D eigenvalue weighted by molar-refractivity contribution is -0.132. The van der Waals surface area contributed by atoms with E-state index < -0.39 is 0 Å². The van der Waals surface area contributed by atoms with Crippen LogP contribution in [0.4, 0.5) is 5.69 Å². The minimum absolute atomic E-state index is 0.0574. The van der Waals surface area contributed by atoms with E-state index in [-0.39, 0.29) is 23.8 Å². The van der Waals surface area contributed by atoms with Crippen LogP contribution in [0.5, 0.6) is 11.5 Å². The van der Waals surface area contributed by atoms with E-state index in [1.165, 1.54) is 12.5 Å². The van der Waals surface area contributed by atoms with Crippen LogP contribution in [0.15, 0.2) is 78.9 Å². The van der Waals surface area contributed by atoms with Gasteiger partial charge in [-0.15, -0.1) is 0 Å². The molecule has 3 aromatic carbocycles. The Morgan fingerprint density at radius 2 is 1.56 bits per heavy atom. The van der Waals surface area contributed by atoms with Gasteiger partial charge in [-0.1, -0.05) is 42.5 Å². The van der Waals surface area contributed by atoms with Crippen LogP contribution >= 0.6 is 0 Å². The molecule has 1 heterocycles. The van der Waals surface area contributed by atoms with Crippen LogP contribution in [0.1, 0.15) is 36.9 Å². The molecule has 0 spiro atoms. The Hall–Kier alpha value is -3.60. The van der Waals surface area contributed by atoms with Crippen molar-refractivity contribution in [3.63, 3.8) is 0 Å². The van der Waals surface area contributed by atoms with E-state index >= 15 is 0 Å². The monoisotopic (exact) mass is 429 g/mol. The quantitative estimate of drug-likeness (QED) is 0.275. The fourth-order valence-corrected chi connectivity index (χ4v) is 4.31. The average molecular weight is 430 g/mol. The molecule has 0 aromatic heterocycles. The molecule has 1 amide bonds. The number of hydrogen-bond donors (Lipinski definition) is 0. The SMILES string of the molecule is COc1ccc(N2C(=O)C(CCCc3ccccc3)C2c2ccc(OC(C)=O)cc2)cc1. The largest absolute Gasteiger partial charge is 0.497 e. The lowest BCUT2D eigenvalue weighted by atomic mass is 9.78. The first kappa shape index (κ1) is 21.6. The number of methoxy groups -OCH3 is 1. The van der Waals surface area contributed by atoms with Gasteiger partial charge < -0.3 is 14.4 Å². The van der Waals surface area contributed by atoms with E-state index in [0.29, 0.717) is 5.75 Å². The number of hydrogen-bond acceptors (Lipinski definition) is 4. The van der Waals surface area contributed by atoms with Gasteiger partial charge >= 0.3 is 5.97 Å². The summed E-state index contributed by atoms with van der Waals surface area (Å²) in [7, 11) is 1.63. The van der Waals surface area contributed by atoms with Crippen LogP contribution in [-0.4, -0.2) is 19.0 Å². The molecule has 0 bridgehead atoms. The summed E-state index contributed by atoms with van der Waals surface area (Å²) in [6, 6.07) is 25.3. The zero-order valence-corrected chi connectivity index (χ0v) is 18.4. The maximum atomic E-state index is 13.2. The van der Waals surface area contributed by atoms with Gasteiger partial charge in [0.2, 0.25) is 5.91 Å². The molecule has 4 rings (SSSR count). The van der Waals surface area contributed by atoms with Crippen molar-refractivity contribution >= 4 is 17.6 Å². The van der Waals surface area contributed by atoms with Gasteiger partial charge in [-0.3, -0.25) is 9.59 Å². The topological polar surface area (TPSA) is 55.8 Å². The first-order valence-electron chi connectivity index (χ1n) is 10.9. The molecule has 5 nitrogen and oxygen atoms in total. The summed E-state index contributed by atoms with van der Waals surface area (Å²) in [4.78, 5) is 26.3. The molecule has 1 aliphatic rings. The van der Waals surface area contributed by atoms with Crippen LogP contribution in [0, 0.1) is 5.92 Å². The highest BCUT2D eigenvalue weighted by molar-refractivity contribution is 6.03. The van der Waals surface area contributed by atoms with Crippen molar-refractivity contribution in [1.82, 2.24) is 0 Å². The molecule has 0 N–H and O–H groups in total. The summed E-state index contributed by atoms with van der Waals surface area (Å²) >= 11 is 0. The molecule has 2 unspecified atom stereocenters. The van der Waals surface area contributed by atoms with Gasteiger partial charge in [0.25, 0.3) is 0 Å². The minimum atomic E-state index is -0.352. The second-order valence-electron chi connectivity index (χ2n) is 8.00. The Labute approximate surface area is 188 Å². The summed E-state index contributed by atoms with van der Waals surface area (Å²) in [6.07, 6.45) is 2.71. The van der Waals surface area contributed by atoms with Crippen LogP contribution in [0.25, 0.3) is 0 Å². The van der Waals surface area contributed by atoms with Gasteiger partial charge in [0.15, 0.2) is 0 Å². The van der Waals surface area contributed by atoms with Crippen LogP contribution < -0.4 is 14.4 Å². The normalized spacial score (nSPS) is 17.6. The van der Waals surface area contributed by atoms with Gasteiger partial charge in [-0.25, -0.2) is 0 Å². The second-order valence-corrected chi connectivity index (χ2v) is 8.00. The predicted octanol–water partition coefficient (Wildman–Crippen LogP) is 5.35. The first-order chi connectivity index (χ1) is 15.6. The van der Waals surface area contributed by atoms with Crippen LogP contribution in [0.3, 0.4) is 0 Å². The number of benzene rings is 3. The first-order valence-corrected chi connectivity index (χ1v) is 10.9. The number of nitrogens with zero attached hydrogens (tertiary/aromatic N) is 1. The molecule has 0 radical (unpaired) electrons. The Bertz CT molecular complexity index is 1060. The van der Waals surface area contributed by atoms with Gasteiger partial charge in [-0.2, -0.15) is 0 Å². The Kier molecular flexibility index (Phi) is 6.55. The van der Waals surface area contributed by atoms with Crippen molar-refractivity contribution in [3.8, 4) is 11.5 Å². The number of esters is 1. The number of rotatable bonds is 8. The summed E-state index contributed by atoms with van der Waals surface area (Å²) in [6.45, 7) is 1.38. The van der Waals surface area contributed by atoms with Crippen molar-refractivity contribution in [1.29, 1.82) is 0 Å². The molecule has 164 valence electrons. The molecule has 5 heteroatoms. The lowest BCUT2D eigenvalue weighted by Gasteiger charge is -2.47. The number of anilines is 1. The molecular formula is C27H27NO4. The zero-order valence-electron chi connectivity index (χ0n) is 18.4. The van der Waals surface area contributed by atoms with Crippen molar-refractivity contribution in [2.45, 2.75) is 32.2 Å². The third-order valence-electron chi connectivity index (χ3n) is 5.87. The third kappa shape index (κ3) is 4.67. The molecule has 0 aliphatic carbocycles. The smallest absolute Gasteiger partial charge is 0.308 e. The fraction of sp³-hybridized carbons (Fsp3) is 0.259. The number of carbonyl (C=O) groups is 2. The van der Waals surface area contributed by atoms with Crippen molar-refractivity contribution < 1.29 is 19.1 Å². The van der Waals surface area contributed by atoms with Gasteiger partial charge in [0, 0.05) is 12.6 Å². The maximum absolute atomic E-state index is 13.2. The standard InChI is InChI=1S/C27H27NO4/c1-19(29)32-24-15-11-21(12-16-24)26-25(10-6-9-20-7-4-3-5-8-20)27(30)28(26)22-13-17-23(31-2)18-14-22/h3-5,7-8,11-18,25-26H,6,9-10H2,1-2H3. The Morgan fingerprint density at radius 1 is 0.906 bits per heavy atom. The molecule has 1 saturated heterocycles. The highest BCUT2D eigenvalue weighted by Crippen LogP contribution is 2.46.